The van der Waals surface area contributed by atoms with E-state index in [4.69, 9.17) is 4.74 Å². The molecule has 0 aromatic carbocycles. The van der Waals surface area contributed by atoms with Crippen LogP contribution in [0.4, 0.5) is 8.78 Å². The summed E-state index contributed by atoms with van der Waals surface area (Å²) in [5.74, 6) is -1.11. The lowest BCUT2D eigenvalue weighted by molar-refractivity contribution is -0.0606. The predicted molar refractivity (Wildman–Crippen MR) is 59.3 cm³/mol. The highest BCUT2D eigenvalue weighted by Crippen LogP contribution is 2.41. The van der Waals surface area contributed by atoms with Crippen molar-refractivity contribution in [3.8, 4) is 0 Å². The third-order valence-corrected chi connectivity index (χ3v) is 3.45. The Morgan fingerprint density at radius 2 is 2.38 bits per heavy atom. The Morgan fingerprint density at radius 1 is 1.62 bits per heavy atom. The summed E-state index contributed by atoms with van der Waals surface area (Å²) in [5, 5.41) is 0. The third kappa shape index (κ3) is 1.98. The highest BCUT2D eigenvalue weighted by Gasteiger charge is 2.43. The van der Waals surface area contributed by atoms with Gasteiger partial charge in [0.15, 0.2) is 0 Å². The molecular weight excluding hydrogens is 280 g/mol. The summed E-state index contributed by atoms with van der Waals surface area (Å²) in [6.45, 7) is 2.34. The molecule has 2 rings (SSSR count). The number of halogens is 3. The molecule has 2 heterocycles. The highest BCUT2D eigenvalue weighted by atomic mass is 79.9. The van der Waals surface area contributed by atoms with Crippen LogP contribution in [-0.4, -0.2) is 18.2 Å². The lowest BCUT2D eigenvalue weighted by Crippen LogP contribution is -2.38. The summed E-state index contributed by atoms with van der Waals surface area (Å²) in [6, 6.07) is 1.46. The lowest BCUT2D eigenvalue weighted by Gasteiger charge is -2.35. The topological polar surface area (TPSA) is 22.1 Å². The number of hydrogen-bond donors (Lipinski definition) is 0. The average Bonchev–Trinajstić information content (AvgIpc) is 2.26. The Bertz CT molecular complexity index is 402. The molecule has 1 aromatic heterocycles. The molecule has 1 saturated heterocycles. The number of ether oxygens (including phenoxy) is 1. The molecule has 88 valence electrons. The Labute approximate surface area is 101 Å². The molecule has 0 aliphatic carbocycles. The minimum absolute atomic E-state index is 0.0256. The zero-order valence-electron chi connectivity index (χ0n) is 8.84. The maximum absolute atomic E-state index is 14.8. The van der Waals surface area contributed by atoms with Gasteiger partial charge in [-0.1, -0.05) is 6.92 Å². The number of hydrogen-bond acceptors (Lipinski definition) is 2. The summed E-state index contributed by atoms with van der Waals surface area (Å²) >= 11 is 3.18. The second kappa shape index (κ2) is 4.37. The average molecular weight is 292 g/mol. The fraction of sp³-hybridized carbons (Fsp3) is 0.545. The third-order valence-electron chi connectivity index (χ3n) is 3.01. The molecule has 2 atom stereocenters. The summed E-state index contributed by atoms with van der Waals surface area (Å²) in [7, 11) is 0. The van der Waals surface area contributed by atoms with Crippen LogP contribution in [0.5, 0.6) is 0 Å². The van der Waals surface area contributed by atoms with Crippen molar-refractivity contribution < 1.29 is 13.5 Å². The quantitative estimate of drug-likeness (QED) is 0.742. The minimum Gasteiger partial charge on any atom is -0.381 e. The zero-order valence-corrected chi connectivity index (χ0v) is 10.4. The first-order valence-corrected chi connectivity index (χ1v) is 5.91. The van der Waals surface area contributed by atoms with Crippen molar-refractivity contribution in [2.24, 2.45) is 5.92 Å². The molecule has 0 amide bonds. The van der Waals surface area contributed by atoms with E-state index in [1.165, 1.54) is 12.3 Å². The molecule has 5 heteroatoms. The van der Waals surface area contributed by atoms with Crippen molar-refractivity contribution in [2.75, 3.05) is 13.2 Å². The molecule has 0 radical (unpaired) electrons. The smallest absolute Gasteiger partial charge is 0.219 e. The first-order chi connectivity index (χ1) is 7.54. The lowest BCUT2D eigenvalue weighted by atomic mass is 9.81. The standard InChI is InChI=1S/C11H12BrF2NO/c1-7-6-16-3-2-11(7,14)9-4-8(12)5-15-10(9)13/h4-5,7H,2-3,6H2,1H3/t7-,11+/m0/s1. The summed E-state index contributed by atoms with van der Waals surface area (Å²) in [4.78, 5) is 3.54. The van der Waals surface area contributed by atoms with Crippen LogP contribution in [-0.2, 0) is 10.4 Å². The van der Waals surface area contributed by atoms with Crippen molar-refractivity contribution in [3.63, 3.8) is 0 Å². The minimum atomic E-state index is -1.68. The van der Waals surface area contributed by atoms with Crippen molar-refractivity contribution in [1.82, 2.24) is 4.98 Å². The van der Waals surface area contributed by atoms with Crippen molar-refractivity contribution in [2.45, 2.75) is 19.0 Å². The molecule has 1 aromatic rings. The molecule has 2 nitrogen and oxygen atoms in total. The van der Waals surface area contributed by atoms with Crippen LogP contribution >= 0.6 is 15.9 Å². The molecule has 0 N–H and O–H groups in total. The van der Waals surface area contributed by atoms with E-state index >= 15 is 0 Å². The molecule has 0 spiro atoms. The predicted octanol–water partition coefficient (Wildman–Crippen LogP) is 3.20. The highest BCUT2D eigenvalue weighted by molar-refractivity contribution is 9.10. The van der Waals surface area contributed by atoms with Crippen LogP contribution in [0.15, 0.2) is 16.7 Å². The van der Waals surface area contributed by atoms with Crippen LogP contribution < -0.4 is 0 Å². The van der Waals surface area contributed by atoms with E-state index in [-0.39, 0.29) is 17.9 Å². The normalized spacial score (nSPS) is 30.4. The molecule has 1 aliphatic heterocycles. The van der Waals surface area contributed by atoms with Gasteiger partial charge >= 0.3 is 0 Å². The van der Waals surface area contributed by atoms with E-state index in [0.717, 1.165) is 0 Å². The summed E-state index contributed by atoms with van der Waals surface area (Å²) < 4.78 is 34.1. The second-order valence-electron chi connectivity index (χ2n) is 4.08. The van der Waals surface area contributed by atoms with E-state index in [1.807, 2.05) is 0 Å². The van der Waals surface area contributed by atoms with Gasteiger partial charge in [0.1, 0.15) is 5.67 Å². The van der Waals surface area contributed by atoms with Gasteiger partial charge in [0.25, 0.3) is 0 Å². The van der Waals surface area contributed by atoms with Crippen LogP contribution in [0.3, 0.4) is 0 Å². The van der Waals surface area contributed by atoms with Gasteiger partial charge in [-0.2, -0.15) is 4.39 Å². The largest absolute Gasteiger partial charge is 0.381 e. The van der Waals surface area contributed by atoms with Gasteiger partial charge in [-0.05, 0) is 22.0 Å². The van der Waals surface area contributed by atoms with E-state index in [9.17, 15) is 8.78 Å². The first kappa shape index (κ1) is 11.9. The molecule has 0 bridgehead atoms. The van der Waals surface area contributed by atoms with Gasteiger partial charge in [0.05, 0.1) is 6.61 Å². The zero-order chi connectivity index (χ0) is 11.8. The van der Waals surface area contributed by atoms with Gasteiger partial charge in [-0.3, -0.25) is 0 Å². The van der Waals surface area contributed by atoms with Gasteiger partial charge in [0.2, 0.25) is 5.95 Å². The van der Waals surface area contributed by atoms with Gasteiger partial charge in [0, 0.05) is 35.2 Å². The Morgan fingerprint density at radius 3 is 3.06 bits per heavy atom. The molecule has 1 aliphatic rings. The number of nitrogens with zero attached hydrogens (tertiary/aromatic N) is 1. The van der Waals surface area contributed by atoms with Crippen LogP contribution in [0.1, 0.15) is 18.9 Å². The van der Waals surface area contributed by atoms with E-state index in [1.54, 1.807) is 6.92 Å². The van der Waals surface area contributed by atoms with Crippen molar-refractivity contribution in [1.29, 1.82) is 0 Å². The van der Waals surface area contributed by atoms with E-state index in [0.29, 0.717) is 17.7 Å². The van der Waals surface area contributed by atoms with Crippen LogP contribution in [0.2, 0.25) is 0 Å². The van der Waals surface area contributed by atoms with E-state index in [2.05, 4.69) is 20.9 Å². The monoisotopic (exact) mass is 291 g/mol. The fourth-order valence-corrected chi connectivity index (χ4v) is 2.30. The SMILES string of the molecule is C[C@H]1COCC[C@]1(F)c1cc(Br)cnc1F. The summed E-state index contributed by atoms with van der Waals surface area (Å²) in [5.41, 5.74) is -1.66. The number of pyridine rings is 1. The molecule has 0 saturated carbocycles. The molecule has 1 fully saturated rings. The number of aromatic nitrogens is 1. The van der Waals surface area contributed by atoms with E-state index < -0.39 is 11.6 Å². The summed E-state index contributed by atoms with van der Waals surface area (Å²) in [6.07, 6.45) is 1.50. The van der Waals surface area contributed by atoms with Gasteiger partial charge < -0.3 is 4.74 Å². The van der Waals surface area contributed by atoms with Crippen molar-refractivity contribution in [3.05, 3.63) is 28.2 Å². The Hall–Kier alpha value is -0.550. The van der Waals surface area contributed by atoms with Crippen LogP contribution in [0, 0.1) is 11.9 Å². The first-order valence-electron chi connectivity index (χ1n) is 5.12. The van der Waals surface area contributed by atoms with Gasteiger partial charge in [-0.25, -0.2) is 9.37 Å². The van der Waals surface area contributed by atoms with Crippen molar-refractivity contribution >= 4 is 15.9 Å². The van der Waals surface area contributed by atoms with Crippen LogP contribution in [0.25, 0.3) is 0 Å². The Kier molecular flexibility index (Phi) is 3.26. The molecule has 0 unspecified atom stereocenters. The second-order valence-corrected chi connectivity index (χ2v) is 5.00. The maximum atomic E-state index is 14.8. The number of rotatable bonds is 1. The number of alkyl halides is 1. The molecular formula is C11H12BrF2NO. The Balaban J connectivity index is 2.44. The maximum Gasteiger partial charge on any atom is 0.219 e. The molecule has 16 heavy (non-hydrogen) atoms. The van der Waals surface area contributed by atoms with Gasteiger partial charge in [-0.15, -0.1) is 0 Å². The fourth-order valence-electron chi connectivity index (χ4n) is 1.97.